The third kappa shape index (κ3) is 4.35. The van der Waals surface area contributed by atoms with Crippen LogP contribution in [-0.2, 0) is 0 Å². The Morgan fingerprint density at radius 1 is 0.588 bits per heavy atom. The van der Waals surface area contributed by atoms with E-state index in [-0.39, 0.29) is 12.1 Å². The monoisotopic (exact) mass is 451 g/mol. The largest absolute Gasteiger partial charge is 0.323 e. The summed E-state index contributed by atoms with van der Waals surface area (Å²) in [6, 6.07) is 27.7. The van der Waals surface area contributed by atoms with Crippen LogP contribution in [-0.4, -0.2) is 41.8 Å². The summed E-state index contributed by atoms with van der Waals surface area (Å²) >= 11 is 0. The molecule has 34 heavy (non-hydrogen) atoms. The molecule has 5 rings (SSSR count). The molecule has 0 fully saturated rings. The van der Waals surface area contributed by atoms with E-state index in [2.05, 4.69) is 116 Å². The molecule has 1 aromatic heterocycles. The van der Waals surface area contributed by atoms with Gasteiger partial charge in [0, 0.05) is 24.5 Å². The van der Waals surface area contributed by atoms with E-state index in [0.717, 1.165) is 47.5 Å². The number of hydrogen-bond acceptors (Lipinski definition) is 5. The molecular formula is C29H33N5. The number of anilines is 2. The maximum Gasteiger partial charge on any atom is 0.154 e. The van der Waals surface area contributed by atoms with E-state index >= 15 is 0 Å². The number of pyridine rings is 1. The predicted molar refractivity (Wildman–Crippen MR) is 142 cm³/mol. The molecule has 0 radical (unpaired) electrons. The van der Waals surface area contributed by atoms with Gasteiger partial charge in [0.25, 0.3) is 0 Å². The van der Waals surface area contributed by atoms with Gasteiger partial charge in [0.2, 0.25) is 0 Å². The molecule has 174 valence electrons. The molecule has 3 heterocycles. The highest BCUT2D eigenvalue weighted by atomic mass is 15.3. The summed E-state index contributed by atoms with van der Waals surface area (Å²) in [5.41, 5.74) is 4.10. The third-order valence-electron chi connectivity index (χ3n) is 6.71. The molecule has 0 saturated heterocycles. The summed E-state index contributed by atoms with van der Waals surface area (Å²) in [5.74, 6) is 2.81. The number of nitrogens with zero attached hydrogens (tertiary/aromatic N) is 5. The minimum atomic E-state index is 0.246. The van der Waals surface area contributed by atoms with Gasteiger partial charge in [0.15, 0.2) is 11.7 Å². The Hall–Kier alpha value is -3.47. The van der Waals surface area contributed by atoms with Crippen molar-refractivity contribution >= 4 is 23.0 Å². The Balaban J connectivity index is 1.54. The van der Waals surface area contributed by atoms with Crippen LogP contribution in [0.2, 0.25) is 0 Å². The van der Waals surface area contributed by atoms with E-state index in [0.29, 0.717) is 11.8 Å². The van der Waals surface area contributed by atoms with Gasteiger partial charge in [-0.1, -0.05) is 70.2 Å². The first-order valence-electron chi connectivity index (χ1n) is 12.3. The Morgan fingerprint density at radius 3 is 1.38 bits per heavy atom. The fourth-order valence-electron chi connectivity index (χ4n) is 4.57. The molecule has 2 atom stereocenters. The van der Waals surface area contributed by atoms with Crippen molar-refractivity contribution < 1.29 is 0 Å². The average Bonchev–Trinajstić information content (AvgIpc) is 3.51. The molecule has 0 bridgehead atoms. The lowest BCUT2D eigenvalue weighted by atomic mass is 10.1. The first-order valence-corrected chi connectivity index (χ1v) is 12.3. The van der Waals surface area contributed by atoms with Crippen LogP contribution in [0.15, 0.2) is 88.8 Å². The van der Waals surface area contributed by atoms with Gasteiger partial charge >= 0.3 is 0 Å². The molecule has 3 aromatic rings. The molecule has 5 heteroatoms. The van der Waals surface area contributed by atoms with E-state index in [4.69, 9.17) is 15.0 Å². The topological polar surface area (TPSA) is 44.1 Å². The van der Waals surface area contributed by atoms with Gasteiger partial charge in [-0.2, -0.15) is 0 Å². The van der Waals surface area contributed by atoms with E-state index in [1.807, 2.05) is 0 Å². The van der Waals surface area contributed by atoms with E-state index < -0.39 is 0 Å². The maximum absolute atomic E-state index is 5.13. The zero-order valence-corrected chi connectivity index (χ0v) is 20.5. The van der Waals surface area contributed by atoms with Gasteiger partial charge in [-0.25, -0.2) is 4.98 Å². The lowest BCUT2D eigenvalue weighted by molar-refractivity contribution is 0.521. The lowest BCUT2D eigenvalue weighted by Gasteiger charge is -2.23. The first kappa shape index (κ1) is 22.3. The second-order valence-corrected chi connectivity index (χ2v) is 9.83. The standard InChI is InChI=1S/C29H33N5/c1-20(2)26-18-33(22-12-7-5-8-13-22)28(31-26)24-16-11-17-25(30-24)29-32-27(21(3)4)19-34(29)23-14-9-6-10-15-23/h5-17,20-21,26-27H,18-19H2,1-4H3/t26-,27-/m1/s1. The van der Waals surface area contributed by atoms with E-state index in [1.165, 1.54) is 0 Å². The number of aliphatic imine (C=N–C) groups is 2. The van der Waals surface area contributed by atoms with Crippen LogP contribution in [0.1, 0.15) is 39.1 Å². The fraction of sp³-hybridized carbons (Fsp3) is 0.345. The van der Waals surface area contributed by atoms with Crippen LogP contribution in [0, 0.1) is 11.8 Å². The molecule has 2 aliphatic heterocycles. The van der Waals surface area contributed by atoms with Crippen molar-refractivity contribution in [3.8, 4) is 0 Å². The van der Waals surface area contributed by atoms with Crippen molar-refractivity contribution in [1.29, 1.82) is 0 Å². The van der Waals surface area contributed by atoms with E-state index in [9.17, 15) is 0 Å². The summed E-state index contributed by atoms with van der Waals surface area (Å²) in [7, 11) is 0. The molecule has 0 N–H and O–H groups in total. The molecule has 2 aliphatic rings. The third-order valence-corrected chi connectivity index (χ3v) is 6.71. The van der Waals surface area contributed by atoms with Crippen LogP contribution < -0.4 is 9.80 Å². The number of aromatic nitrogens is 1. The Labute approximate surface area is 202 Å². The minimum absolute atomic E-state index is 0.246. The number of para-hydroxylation sites is 2. The average molecular weight is 452 g/mol. The van der Waals surface area contributed by atoms with Gasteiger partial charge in [0.1, 0.15) is 11.4 Å². The molecule has 5 nitrogen and oxygen atoms in total. The Kier molecular flexibility index (Phi) is 6.18. The normalized spacial score (nSPS) is 20.3. The second-order valence-electron chi connectivity index (χ2n) is 9.83. The SMILES string of the molecule is CC(C)[C@H]1CN(c2ccccc2)C(c2cccc(C3=N[C@@H](C(C)C)CN3c3ccccc3)n2)=N1. The summed E-state index contributed by atoms with van der Waals surface area (Å²) in [5, 5.41) is 0. The van der Waals surface area contributed by atoms with Gasteiger partial charge in [-0.05, 0) is 48.2 Å². The molecule has 0 unspecified atom stereocenters. The molecule has 0 aliphatic carbocycles. The van der Waals surface area contributed by atoms with Gasteiger partial charge in [-0.3, -0.25) is 9.98 Å². The molecule has 0 spiro atoms. The van der Waals surface area contributed by atoms with Crippen molar-refractivity contribution in [1.82, 2.24) is 4.98 Å². The number of hydrogen-bond donors (Lipinski definition) is 0. The van der Waals surface area contributed by atoms with Gasteiger partial charge in [-0.15, -0.1) is 0 Å². The maximum atomic E-state index is 5.13. The molecule has 0 amide bonds. The van der Waals surface area contributed by atoms with Crippen LogP contribution in [0.3, 0.4) is 0 Å². The quantitative estimate of drug-likeness (QED) is 0.485. The van der Waals surface area contributed by atoms with Crippen LogP contribution in [0.5, 0.6) is 0 Å². The van der Waals surface area contributed by atoms with Crippen molar-refractivity contribution in [3.05, 3.63) is 90.3 Å². The van der Waals surface area contributed by atoms with Crippen molar-refractivity contribution in [3.63, 3.8) is 0 Å². The smallest absolute Gasteiger partial charge is 0.154 e. The zero-order valence-electron chi connectivity index (χ0n) is 20.5. The van der Waals surface area contributed by atoms with Crippen LogP contribution in [0.4, 0.5) is 11.4 Å². The number of benzene rings is 2. The first-order chi connectivity index (χ1) is 16.5. The highest BCUT2D eigenvalue weighted by Gasteiger charge is 2.32. The summed E-state index contributed by atoms with van der Waals surface area (Å²) in [6.45, 7) is 10.7. The van der Waals surface area contributed by atoms with Crippen LogP contribution in [0.25, 0.3) is 0 Å². The summed E-state index contributed by atoms with van der Waals surface area (Å²) in [6.07, 6.45) is 0. The Morgan fingerprint density at radius 2 is 1.00 bits per heavy atom. The van der Waals surface area contributed by atoms with Crippen molar-refractivity contribution in [2.24, 2.45) is 21.8 Å². The zero-order chi connectivity index (χ0) is 23.7. The number of rotatable bonds is 6. The van der Waals surface area contributed by atoms with Gasteiger partial charge in [0.05, 0.1) is 12.1 Å². The summed E-state index contributed by atoms with van der Waals surface area (Å²) < 4.78 is 0. The van der Waals surface area contributed by atoms with Crippen LogP contribution >= 0.6 is 0 Å². The van der Waals surface area contributed by atoms with Crippen molar-refractivity contribution in [2.75, 3.05) is 22.9 Å². The molecular weight excluding hydrogens is 418 g/mol. The van der Waals surface area contributed by atoms with Gasteiger partial charge < -0.3 is 9.80 Å². The minimum Gasteiger partial charge on any atom is -0.323 e. The fourth-order valence-corrected chi connectivity index (χ4v) is 4.57. The van der Waals surface area contributed by atoms with E-state index in [1.54, 1.807) is 0 Å². The second kappa shape index (κ2) is 9.41. The highest BCUT2D eigenvalue weighted by Crippen LogP contribution is 2.28. The Bertz CT molecular complexity index is 1090. The number of amidine groups is 2. The molecule has 0 saturated carbocycles. The van der Waals surface area contributed by atoms with Crippen molar-refractivity contribution in [2.45, 2.75) is 39.8 Å². The highest BCUT2D eigenvalue weighted by molar-refractivity contribution is 6.13. The predicted octanol–water partition coefficient (Wildman–Crippen LogP) is 5.66. The molecule has 2 aromatic carbocycles. The summed E-state index contributed by atoms with van der Waals surface area (Å²) in [4.78, 5) is 20.0. The lowest BCUT2D eigenvalue weighted by Crippen LogP contribution is -2.33.